The van der Waals surface area contributed by atoms with E-state index >= 15 is 0 Å². The molecule has 136 valence electrons. The van der Waals surface area contributed by atoms with Crippen molar-refractivity contribution in [2.75, 3.05) is 11.1 Å². The molecule has 7 nitrogen and oxygen atoms in total. The van der Waals surface area contributed by atoms with Gasteiger partial charge < -0.3 is 11.1 Å². The summed E-state index contributed by atoms with van der Waals surface area (Å²) in [4.78, 5) is 21.5. The lowest BCUT2D eigenvalue weighted by atomic mass is 10.0. The quantitative estimate of drug-likeness (QED) is 0.670. The van der Waals surface area contributed by atoms with Gasteiger partial charge in [0.2, 0.25) is 5.95 Å². The number of hydrogen-bond donors (Lipinski definition) is 2. The summed E-state index contributed by atoms with van der Waals surface area (Å²) in [6, 6.07) is 5.68. The highest BCUT2D eigenvalue weighted by Gasteiger charge is 2.18. The number of thiazole rings is 1. The van der Waals surface area contributed by atoms with Crippen molar-refractivity contribution in [2.45, 2.75) is 26.3 Å². The molecule has 3 aromatic rings. The Morgan fingerprint density at radius 2 is 2.19 bits per heavy atom. The lowest BCUT2D eigenvalue weighted by molar-refractivity contribution is -0.113. The Bertz CT molecular complexity index is 1080. The number of benzene rings is 1. The predicted octanol–water partition coefficient (Wildman–Crippen LogP) is 3.37. The molecule has 4 rings (SSSR count). The standard InChI is InChI=1S/C19H18N6OS/c1-11-4-2-3-5-15(26)18(11)14-9-22-25-19(24-14)21-10-17-23-13-8-12(20)6-7-16(13)27-17/h2,4,6-9H,3,5,10,20H2,1H3,(H,21,24,25). The van der Waals surface area contributed by atoms with E-state index in [0.717, 1.165) is 27.2 Å². The molecule has 1 aliphatic carbocycles. The number of anilines is 2. The van der Waals surface area contributed by atoms with E-state index in [2.05, 4.69) is 25.5 Å². The van der Waals surface area contributed by atoms with Gasteiger partial charge in [-0.1, -0.05) is 12.2 Å². The van der Waals surface area contributed by atoms with Crippen molar-refractivity contribution in [2.24, 2.45) is 0 Å². The first-order valence-corrected chi connectivity index (χ1v) is 9.41. The van der Waals surface area contributed by atoms with Crippen molar-refractivity contribution < 1.29 is 4.79 Å². The van der Waals surface area contributed by atoms with E-state index in [1.54, 1.807) is 11.3 Å². The highest BCUT2D eigenvalue weighted by atomic mass is 32.1. The molecule has 0 saturated heterocycles. The van der Waals surface area contributed by atoms with Crippen molar-refractivity contribution in [1.82, 2.24) is 20.2 Å². The molecule has 2 heterocycles. The average molecular weight is 378 g/mol. The first kappa shape index (κ1) is 17.3. The van der Waals surface area contributed by atoms with E-state index in [4.69, 9.17) is 5.73 Å². The molecule has 0 unspecified atom stereocenters. The molecule has 1 aromatic carbocycles. The zero-order chi connectivity index (χ0) is 18.8. The van der Waals surface area contributed by atoms with Gasteiger partial charge in [0.25, 0.3) is 0 Å². The van der Waals surface area contributed by atoms with Gasteiger partial charge in [-0.25, -0.2) is 9.97 Å². The van der Waals surface area contributed by atoms with Crippen molar-refractivity contribution in [3.8, 4) is 0 Å². The minimum Gasteiger partial charge on any atom is -0.399 e. The number of carbonyl (C=O) groups is 1. The minimum atomic E-state index is 0.0766. The lowest BCUT2D eigenvalue weighted by Gasteiger charge is -2.08. The van der Waals surface area contributed by atoms with Crippen molar-refractivity contribution in [3.63, 3.8) is 0 Å². The first-order valence-electron chi connectivity index (χ1n) is 8.59. The fraction of sp³-hybridized carbons (Fsp3) is 0.211. The molecular weight excluding hydrogens is 360 g/mol. The van der Waals surface area contributed by atoms with E-state index in [1.807, 2.05) is 37.3 Å². The summed E-state index contributed by atoms with van der Waals surface area (Å²) in [5.74, 6) is 0.445. The molecule has 1 aliphatic rings. The van der Waals surface area contributed by atoms with Crippen LogP contribution in [0.15, 0.2) is 42.1 Å². The number of nitrogens with two attached hydrogens (primary N) is 1. The summed E-state index contributed by atoms with van der Waals surface area (Å²) in [6.45, 7) is 2.38. The number of nitrogens with zero attached hydrogens (tertiary/aromatic N) is 4. The number of allylic oxidation sites excluding steroid dienone is 4. The Morgan fingerprint density at radius 1 is 1.30 bits per heavy atom. The fourth-order valence-electron chi connectivity index (χ4n) is 2.97. The molecule has 3 N–H and O–H groups in total. The third kappa shape index (κ3) is 3.70. The highest BCUT2D eigenvalue weighted by molar-refractivity contribution is 7.18. The Hall–Kier alpha value is -3.13. The Kier molecular flexibility index (Phi) is 4.64. The molecular formula is C19H18N6OS. The van der Waals surface area contributed by atoms with Gasteiger partial charge >= 0.3 is 0 Å². The van der Waals surface area contributed by atoms with Gasteiger partial charge in [-0.2, -0.15) is 5.10 Å². The topological polar surface area (TPSA) is 107 Å². The van der Waals surface area contributed by atoms with Crippen LogP contribution in [-0.2, 0) is 11.3 Å². The van der Waals surface area contributed by atoms with Crippen LogP contribution in [0.4, 0.5) is 11.6 Å². The van der Waals surface area contributed by atoms with E-state index in [9.17, 15) is 4.79 Å². The second-order valence-corrected chi connectivity index (χ2v) is 7.39. The Labute approximate surface area is 160 Å². The molecule has 0 amide bonds. The van der Waals surface area contributed by atoms with Crippen molar-refractivity contribution >= 4 is 44.5 Å². The van der Waals surface area contributed by atoms with E-state index in [1.165, 1.54) is 6.20 Å². The highest BCUT2D eigenvalue weighted by Crippen LogP contribution is 2.25. The zero-order valence-electron chi connectivity index (χ0n) is 14.8. The van der Waals surface area contributed by atoms with Crippen LogP contribution in [0.2, 0.25) is 0 Å². The second-order valence-electron chi connectivity index (χ2n) is 6.28. The van der Waals surface area contributed by atoms with E-state index in [0.29, 0.717) is 35.9 Å². The number of ketones is 1. The van der Waals surface area contributed by atoms with Crippen LogP contribution >= 0.6 is 11.3 Å². The summed E-state index contributed by atoms with van der Waals surface area (Å²) >= 11 is 1.58. The predicted molar refractivity (Wildman–Crippen MR) is 107 cm³/mol. The maximum Gasteiger partial charge on any atom is 0.243 e. The number of fused-ring (bicyclic) bond motifs is 1. The van der Waals surface area contributed by atoms with E-state index < -0.39 is 0 Å². The number of nitrogen functional groups attached to an aromatic ring is 1. The van der Waals surface area contributed by atoms with Gasteiger partial charge in [0.1, 0.15) is 5.01 Å². The largest absolute Gasteiger partial charge is 0.399 e. The molecule has 0 saturated carbocycles. The smallest absolute Gasteiger partial charge is 0.243 e. The molecule has 0 radical (unpaired) electrons. The third-order valence-corrected chi connectivity index (χ3v) is 5.28. The first-order chi connectivity index (χ1) is 13.1. The zero-order valence-corrected chi connectivity index (χ0v) is 15.6. The molecule has 0 fully saturated rings. The maximum atomic E-state index is 12.4. The van der Waals surface area contributed by atoms with Crippen LogP contribution in [0, 0.1) is 0 Å². The molecule has 0 bridgehead atoms. The molecule has 0 spiro atoms. The number of rotatable bonds is 4. The van der Waals surface area contributed by atoms with Gasteiger partial charge in [-0.15, -0.1) is 16.4 Å². The van der Waals surface area contributed by atoms with Crippen LogP contribution in [0.1, 0.15) is 30.5 Å². The van der Waals surface area contributed by atoms with Gasteiger partial charge in [-0.3, -0.25) is 4.79 Å². The summed E-state index contributed by atoms with van der Waals surface area (Å²) in [6.07, 6.45) is 6.72. The number of nitrogens with one attached hydrogen (secondary N) is 1. The van der Waals surface area contributed by atoms with Crippen LogP contribution in [0.3, 0.4) is 0 Å². The summed E-state index contributed by atoms with van der Waals surface area (Å²) in [7, 11) is 0. The van der Waals surface area contributed by atoms with Gasteiger partial charge in [0, 0.05) is 17.7 Å². The summed E-state index contributed by atoms with van der Waals surface area (Å²) in [5, 5.41) is 12.1. The minimum absolute atomic E-state index is 0.0766. The van der Waals surface area contributed by atoms with Crippen LogP contribution in [0.5, 0.6) is 0 Å². The van der Waals surface area contributed by atoms with Crippen molar-refractivity contribution in [1.29, 1.82) is 0 Å². The molecule has 0 aliphatic heterocycles. The SMILES string of the molecule is CC1=C(c2cnnc(NCc3nc4cc(N)ccc4s3)n2)C(=O)CCC=C1. The monoisotopic (exact) mass is 378 g/mol. The maximum absolute atomic E-state index is 12.4. The van der Waals surface area contributed by atoms with Gasteiger partial charge in [0.15, 0.2) is 5.78 Å². The molecule has 8 heteroatoms. The summed E-state index contributed by atoms with van der Waals surface area (Å²) in [5.41, 5.74) is 9.42. The number of carbonyl (C=O) groups excluding carboxylic acids is 1. The van der Waals surface area contributed by atoms with Crippen LogP contribution in [0.25, 0.3) is 15.8 Å². The average Bonchev–Trinajstić information content (AvgIpc) is 2.98. The van der Waals surface area contributed by atoms with Gasteiger partial charge in [-0.05, 0) is 37.1 Å². The Morgan fingerprint density at radius 3 is 3.07 bits per heavy atom. The second kappa shape index (κ2) is 7.24. The van der Waals surface area contributed by atoms with Gasteiger partial charge in [0.05, 0.1) is 28.7 Å². The Balaban J connectivity index is 1.55. The number of Topliss-reactive ketones (excluding diaryl/α,β-unsaturated/α-hetero) is 1. The molecule has 0 atom stereocenters. The normalized spacial score (nSPS) is 14.6. The number of aromatic nitrogens is 4. The molecule has 27 heavy (non-hydrogen) atoms. The van der Waals surface area contributed by atoms with Crippen molar-refractivity contribution in [3.05, 3.63) is 52.8 Å². The van der Waals surface area contributed by atoms with Crippen LogP contribution in [-0.4, -0.2) is 25.9 Å². The fourth-order valence-corrected chi connectivity index (χ4v) is 3.86. The number of hydrogen-bond acceptors (Lipinski definition) is 8. The summed E-state index contributed by atoms with van der Waals surface area (Å²) < 4.78 is 1.07. The third-order valence-electron chi connectivity index (χ3n) is 4.25. The lowest BCUT2D eigenvalue weighted by Crippen LogP contribution is -2.09. The van der Waals surface area contributed by atoms with Crippen LogP contribution < -0.4 is 11.1 Å². The molecule has 2 aromatic heterocycles. The van der Waals surface area contributed by atoms with E-state index in [-0.39, 0.29) is 5.78 Å².